The Morgan fingerprint density at radius 2 is 1.54 bits per heavy atom. The first-order valence-corrected chi connectivity index (χ1v) is 23.4. The molecule has 0 radical (unpaired) electrons. The van der Waals surface area contributed by atoms with E-state index >= 15 is 4.79 Å². The lowest BCUT2D eigenvalue weighted by Crippen LogP contribution is -2.69. The number of nitrogens with zero attached hydrogens (tertiary/aromatic N) is 1. The molecule has 4 fully saturated rings. The van der Waals surface area contributed by atoms with Crippen molar-refractivity contribution >= 4 is 29.8 Å². The minimum absolute atomic E-state index is 0.00518. The van der Waals surface area contributed by atoms with Gasteiger partial charge in [0.2, 0.25) is 11.7 Å². The Morgan fingerprint density at radius 3 is 2.22 bits per heavy atom. The molecule has 0 aromatic heterocycles. The number of benzene rings is 5. The topological polar surface area (TPSA) is 182 Å². The number of hydroxylamine groups is 2. The van der Waals surface area contributed by atoms with Gasteiger partial charge in [-0.25, -0.2) is 0 Å². The molecule has 7 atom stereocenters. The third kappa shape index (κ3) is 9.81. The zero-order valence-electron chi connectivity index (χ0n) is 38.8. The Hall–Kier alpha value is -6.68. The summed E-state index contributed by atoms with van der Waals surface area (Å²) in [5.74, 6) is -3.12. The molecule has 0 unspecified atom stereocenters. The molecule has 2 bridgehead atoms. The summed E-state index contributed by atoms with van der Waals surface area (Å²) in [6.45, 7) is 5.08. The van der Waals surface area contributed by atoms with Crippen molar-refractivity contribution in [3.63, 3.8) is 0 Å². The number of esters is 2. The minimum Gasteiger partial charge on any atom is -0.508 e. The number of fused-ring (bicyclic) bond motifs is 4. The minimum atomic E-state index is -1.49. The highest BCUT2D eigenvalue weighted by molar-refractivity contribution is 5.95. The van der Waals surface area contributed by atoms with Crippen molar-refractivity contribution in [1.29, 1.82) is 0 Å². The number of carbonyl (C=O) groups excluding carboxylic acids is 4. The van der Waals surface area contributed by atoms with Crippen molar-refractivity contribution in [2.45, 2.75) is 107 Å². The van der Waals surface area contributed by atoms with Crippen LogP contribution in [0.4, 0.5) is 0 Å². The molecule has 0 spiro atoms. The largest absolute Gasteiger partial charge is 0.508 e. The number of amides is 2. The van der Waals surface area contributed by atoms with E-state index in [2.05, 4.69) is 10.6 Å². The van der Waals surface area contributed by atoms with Crippen LogP contribution in [0.1, 0.15) is 83.8 Å². The second-order valence-electron chi connectivity index (χ2n) is 19.1. The predicted molar refractivity (Wildman–Crippen MR) is 254 cm³/mol. The van der Waals surface area contributed by atoms with Gasteiger partial charge in [0.15, 0.2) is 6.04 Å². The number of rotatable bonds is 16. The normalized spacial score (nSPS) is 24.0. The van der Waals surface area contributed by atoms with E-state index in [4.69, 9.17) is 23.8 Å². The van der Waals surface area contributed by atoms with Gasteiger partial charge in [0.05, 0.1) is 19.2 Å². The Morgan fingerprint density at radius 1 is 0.855 bits per heavy atom. The molecule has 9 rings (SSSR count). The Labute approximate surface area is 401 Å². The van der Waals surface area contributed by atoms with Gasteiger partial charge in [-0.3, -0.25) is 24.0 Å². The predicted octanol–water partition coefficient (Wildman–Crippen LogP) is 6.66. The average molecular weight is 936 g/mol. The Balaban J connectivity index is 0.974. The van der Waals surface area contributed by atoms with Gasteiger partial charge in [-0.2, -0.15) is 5.06 Å². The fraction of sp³-hybridized carbons (Fsp3) is 0.345. The number of allylic oxidation sites excluding steroid dienone is 1. The van der Waals surface area contributed by atoms with Gasteiger partial charge in [-0.1, -0.05) is 127 Å². The number of carbonyl (C=O) groups is 4. The van der Waals surface area contributed by atoms with Crippen LogP contribution >= 0.6 is 0 Å². The summed E-state index contributed by atoms with van der Waals surface area (Å²) in [7, 11) is 0. The number of para-hydroxylation sites is 1. The zero-order valence-corrected chi connectivity index (χ0v) is 38.8. The molecular formula is C55H57N3O11. The molecule has 1 saturated carbocycles. The van der Waals surface area contributed by atoms with Crippen LogP contribution in [0.2, 0.25) is 0 Å². The van der Waals surface area contributed by atoms with E-state index in [1.807, 2.05) is 109 Å². The lowest BCUT2D eigenvalue weighted by molar-refractivity contribution is -0.213. The van der Waals surface area contributed by atoms with Crippen molar-refractivity contribution in [2.24, 2.45) is 5.41 Å². The average Bonchev–Trinajstić information content (AvgIpc) is 3.93. The van der Waals surface area contributed by atoms with Gasteiger partial charge in [0, 0.05) is 36.1 Å². The summed E-state index contributed by atoms with van der Waals surface area (Å²) < 4.78 is 25.8. The first-order valence-electron chi connectivity index (χ1n) is 23.4. The monoisotopic (exact) mass is 935 g/mol. The van der Waals surface area contributed by atoms with E-state index in [1.54, 1.807) is 62.2 Å². The Bertz CT molecular complexity index is 2650. The Kier molecular flexibility index (Phi) is 13.6. The molecule has 3 saturated heterocycles. The number of aliphatic hydroxyl groups excluding tert-OH is 1. The quantitative estimate of drug-likeness (QED) is 0.0774. The van der Waals surface area contributed by atoms with Crippen LogP contribution in [0.5, 0.6) is 5.75 Å². The van der Waals surface area contributed by atoms with Gasteiger partial charge in [-0.15, -0.1) is 0 Å². The number of aliphatic hydroxyl groups is 1. The number of phenolic OH excluding ortho intramolecular Hbond substituents is 1. The number of hydrogen-bond acceptors (Lipinski definition) is 12. The molecule has 5 aromatic carbocycles. The highest BCUT2D eigenvalue weighted by Crippen LogP contribution is 2.59. The van der Waals surface area contributed by atoms with Gasteiger partial charge in [-0.05, 0) is 74.1 Å². The van der Waals surface area contributed by atoms with E-state index < -0.39 is 77.1 Å². The number of nitrogens with one attached hydrogen (secondary N) is 2. The maximum Gasteiger partial charge on any atom is 0.327 e. The van der Waals surface area contributed by atoms with Crippen LogP contribution < -0.4 is 10.6 Å². The van der Waals surface area contributed by atoms with Crippen LogP contribution in [0.3, 0.4) is 0 Å². The molecular weight excluding hydrogens is 879 g/mol. The second-order valence-corrected chi connectivity index (χ2v) is 19.1. The first kappa shape index (κ1) is 47.4. The number of aromatic hydroxyl groups is 1. The van der Waals surface area contributed by atoms with Gasteiger partial charge in [0.25, 0.3) is 5.91 Å². The molecule has 5 aromatic rings. The van der Waals surface area contributed by atoms with E-state index in [-0.39, 0.29) is 44.7 Å². The molecule has 3 heterocycles. The fourth-order valence-corrected chi connectivity index (χ4v) is 9.94. The van der Waals surface area contributed by atoms with Gasteiger partial charge >= 0.3 is 11.9 Å². The van der Waals surface area contributed by atoms with Gasteiger partial charge in [0.1, 0.15) is 41.2 Å². The van der Waals surface area contributed by atoms with Crippen molar-refractivity contribution in [1.82, 2.24) is 15.7 Å². The van der Waals surface area contributed by atoms with E-state index in [9.17, 15) is 24.6 Å². The summed E-state index contributed by atoms with van der Waals surface area (Å²) in [6.07, 6.45) is 1.28. The molecule has 69 heavy (non-hydrogen) atoms. The van der Waals surface area contributed by atoms with Crippen LogP contribution in [0.25, 0.3) is 6.08 Å². The molecule has 14 heteroatoms. The van der Waals surface area contributed by atoms with Crippen LogP contribution in [-0.4, -0.2) is 87.7 Å². The van der Waals surface area contributed by atoms with Gasteiger partial charge < -0.3 is 39.8 Å². The second kappa shape index (κ2) is 19.7. The molecule has 358 valence electrons. The first-order chi connectivity index (χ1) is 33.3. The van der Waals surface area contributed by atoms with Crippen LogP contribution in [-0.2, 0) is 63.5 Å². The van der Waals surface area contributed by atoms with E-state index in [1.165, 1.54) is 0 Å². The highest BCUT2D eigenvalue weighted by atomic mass is 16.8. The van der Waals surface area contributed by atoms with Crippen LogP contribution in [0.15, 0.2) is 140 Å². The van der Waals surface area contributed by atoms with Crippen molar-refractivity contribution in [3.05, 3.63) is 178 Å². The molecule has 4 N–H and O–H groups in total. The third-order valence-corrected chi connectivity index (χ3v) is 13.2. The summed E-state index contributed by atoms with van der Waals surface area (Å²) in [5.41, 5.74) is 2.78. The lowest BCUT2D eigenvalue weighted by atomic mass is 9.62. The smallest absolute Gasteiger partial charge is 0.327 e. The number of phenols is 1. The highest BCUT2D eigenvalue weighted by Gasteiger charge is 2.76. The standard InChI is InChI=1S/C55H57N3O11/c1-53(2,3)66-45(61)29-28-42(34-59)57-50(62)39-18-13-15-37(30-39)32-56-52(64)54-31-44-46-47(68-55(67-46,40-19-6-4-7-20-40)41-21-8-5-9-22-41)49(54)69-58(48(54)51(63)65-44)33-36-26-24-35(25-27-36)14-12-17-38-16-10-11-23-43(38)60/h4-16,18-27,30,42,44,46-49,59-60H,17,28-29,31-34H2,1-3H3,(H,56,64)(H,57,62)/t42-,44+,46-,47-,48-,49+,54-/m0/s1. The summed E-state index contributed by atoms with van der Waals surface area (Å²) in [4.78, 5) is 62.3. The third-order valence-electron chi connectivity index (χ3n) is 13.2. The van der Waals surface area contributed by atoms with E-state index in [0.717, 1.165) is 27.8 Å². The van der Waals surface area contributed by atoms with Crippen LogP contribution in [0, 0.1) is 5.41 Å². The summed E-state index contributed by atoms with van der Waals surface area (Å²) in [5, 5.41) is 27.7. The fourth-order valence-electron chi connectivity index (χ4n) is 9.94. The number of hydrogen-bond donors (Lipinski definition) is 4. The van der Waals surface area contributed by atoms with Crippen molar-refractivity contribution < 1.29 is 53.2 Å². The maximum absolute atomic E-state index is 15.2. The lowest BCUT2D eigenvalue weighted by Gasteiger charge is -2.48. The molecule has 1 aliphatic carbocycles. The molecule has 3 aliphatic heterocycles. The SMILES string of the molecule is CC(C)(C)OC(=O)CC[C@@H](CO)NC(=O)c1cccc(CNC(=O)[C@@]23C[C@H]4OC(=O)[C@@H]2N(Cc2ccc(C=CCc5ccccc5O)cc2)O[C@@H]3[C@H]2OC(c3ccccc3)(c3ccccc3)O[C@H]24)c1. The zero-order chi connectivity index (χ0) is 48.3. The van der Waals surface area contributed by atoms with E-state index in [0.29, 0.717) is 17.5 Å². The maximum atomic E-state index is 15.2. The summed E-state index contributed by atoms with van der Waals surface area (Å²) in [6, 6.07) is 39.0. The summed E-state index contributed by atoms with van der Waals surface area (Å²) >= 11 is 0. The molecule has 14 nitrogen and oxygen atoms in total. The molecule has 4 aliphatic rings. The van der Waals surface area contributed by atoms with Crippen molar-refractivity contribution in [3.8, 4) is 5.75 Å². The molecule has 2 amide bonds. The van der Waals surface area contributed by atoms with Crippen molar-refractivity contribution in [2.75, 3.05) is 6.61 Å². The number of ether oxygens (including phenoxy) is 4.